The molecule has 2 heteroatoms. The summed E-state index contributed by atoms with van der Waals surface area (Å²) in [5.74, 6) is 0.818. The largest absolute Gasteiger partial charge is 0.374 e. The van der Waals surface area contributed by atoms with Crippen LogP contribution in [0.1, 0.15) is 79.1 Å². The van der Waals surface area contributed by atoms with Gasteiger partial charge in [-0.3, -0.25) is 0 Å². The monoisotopic (exact) mass is 269 g/mol. The summed E-state index contributed by atoms with van der Waals surface area (Å²) < 4.78 is 6.38. The van der Waals surface area contributed by atoms with Crippen molar-refractivity contribution in [1.82, 2.24) is 5.32 Å². The highest BCUT2D eigenvalue weighted by Crippen LogP contribution is 2.35. The maximum Gasteiger partial charge on any atom is 0.0808 e. The van der Waals surface area contributed by atoms with E-state index in [-0.39, 0.29) is 5.60 Å². The average molecular weight is 269 g/mol. The molecule has 0 aromatic carbocycles. The fraction of sp³-hybridized carbons (Fsp3) is 1.00. The summed E-state index contributed by atoms with van der Waals surface area (Å²) in [6.45, 7) is 11.1. The van der Waals surface area contributed by atoms with Crippen LogP contribution in [0.5, 0.6) is 0 Å². The second-order valence-corrected chi connectivity index (χ2v) is 6.83. The topological polar surface area (TPSA) is 21.3 Å². The van der Waals surface area contributed by atoms with Crippen LogP contribution in [0.2, 0.25) is 0 Å². The molecule has 0 amide bonds. The molecule has 1 aliphatic rings. The van der Waals surface area contributed by atoms with Crippen LogP contribution in [0.4, 0.5) is 0 Å². The highest BCUT2D eigenvalue weighted by atomic mass is 16.5. The maximum atomic E-state index is 6.38. The predicted octanol–water partition coefficient (Wildman–Crippen LogP) is 4.53. The van der Waals surface area contributed by atoms with Crippen molar-refractivity contribution < 1.29 is 4.74 Å². The molecule has 1 saturated carbocycles. The van der Waals surface area contributed by atoms with Crippen molar-refractivity contribution in [1.29, 1.82) is 0 Å². The van der Waals surface area contributed by atoms with Gasteiger partial charge in [0.2, 0.25) is 0 Å². The van der Waals surface area contributed by atoms with Crippen molar-refractivity contribution in [3.05, 3.63) is 0 Å². The molecule has 1 aliphatic carbocycles. The summed E-state index contributed by atoms with van der Waals surface area (Å²) in [6.07, 6.45) is 10.4. The highest BCUT2D eigenvalue weighted by molar-refractivity contribution is 4.89. The molecule has 0 spiro atoms. The lowest BCUT2D eigenvalue weighted by Gasteiger charge is -2.40. The molecule has 2 atom stereocenters. The number of nitrogens with one attached hydrogen (secondary N) is 1. The minimum Gasteiger partial charge on any atom is -0.374 e. The third-order valence-corrected chi connectivity index (χ3v) is 4.29. The second-order valence-electron chi connectivity index (χ2n) is 6.83. The summed E-state index contributed by atoms with van der Waals surface area (Å²) in [5, 5.41) is 3.60. The number of hydrogen-bond donors (Lipinski definition) is 1. The minimum absolute atomic E-state index is 0.119. The molecule has 0 bridgehead atoms. The molecule has 1 rings (SSSR count). The van der Waals surface area contributed by atoms with Crippen molar-refractivity contribution in [2.75, 3.05) is 13.2 Å². The Morgan fingerprint density at radius 3 is 2.68 bits per heavy atom. The summed E-state index contributed by atoms with van der Waals surface area (Å²) >= 11 is 0. The van der Waals surface area contributed by atoms with Crippen LogP contribution in [0, 0.1) is 5.92 Å². The molecule has 0 heterocycles. The van der Waals surface area contributed by atoms with Gasteiger partial charge in [0.1, 0.15) is 0 Å². The zero-order chi connectivity index (χ0) is 14.1. The molecule has 114 valence electrons. The van der Waals surface area contributed by atoms with Gasteiger partial charge in [-0.15, -0.1) is 0 Å². The molecule has 19 heavy (non-hydrogen) atoms. The van der Waals surface area contributed by atoms with Crippen LogP contribution in [0.15, 0.2) is 0 Å². The quantitative estimate of drug-likeness (QED) is 0.621. The first-order valence-electron chi connectivity index (χ1n) is 8.45. The fourth-order valence-corrected chi connectivity index (χ4v) is 3.16. The number of hydrogen-bond acceptors (Lipinski definition) is 2. The van der Waals surface area contributed by atoms with Gasteiger partial charge < -0.3 is 10.1 Å². The Kier molecular flexibility index (Phi) is 8.01. The lowest BCUT2D eigenvalue weighted by molar-refractivity contribution is -0.0813. The molecular formula is C17H35NO. The maximum absolute atomic E-state index is 6.38. The molecule has 1 N–H and O–H groups in total. The molecule has 2 unspecified atom stereocenters. The van der Waals surface area contributed by atoms with E-state index in [0.717, 1.165) is 19.1 Å². The Hall–Kier alpha value is -0.0800. The smallest absolute Gasteiger partial charge is 0.0808 e. The van der Waals surface area contributed by atoms with Crippen molar-refractivity contribution >= 4 is 0 Å². The van der Waals surface area contributed by atoms with Crippen molar-refractivity contribution in [3.8, 4) is 0 Å². The van der Waals surface area contributed by atoms with E-state index in [1.807, 2.05) is 0 Å². The van der Waals surface area contributed by atoms with E-state index in [4.69, 9.17) is 4.74 Å². The lowest BCUT2D eigenvalue weighted by atomic mass is 9.78. The van der Waals surface area contributed by atoms with Crippen molar-refractivity contribution in [2.45, 2.75) is 90.7 Å². The Bertz CT molecular complexity index is 229. The molecule has 0 radical (unpaired) electrons. The standard InChI is InChI=1S/C17H35NO/c1-5-6-7-8-12-19-17(14-18-15(2)3)11-9-10-16(4)13-17/h15-16,18H,5-14H2,1-4H3. The zero-order valence-corrected chi connectivity index (χ0v) is 13.6. The van der Waals surface area contributed by atoms with Gasteiger partial charge in [0.05, 0.1) is 5.60 Å². The third kappa shape index (κ3) is 6.76. The summed E-state index contributed by atoms with van der Waals surface area (Å²) in [6, 6.07) is 0.554. The van der Waals surface area contributed by atoms with Crippen molar-refractivity contribution in [2.24, 2.45) is 5.92 Å². The van der Waals surface area contributed by atoms with Crippen LogP contribution in [-0.2, 0) is 4.74 Å². The summed E-state index contributed by atoms with van der Waals surface area (Å²) in [4.78, 5) is 0. The Labute approximate surface area is 120 Å². The minimum atomic E-state index is 0.119. The van der Waals surface area contributed by atoms with Gasteiger partial charge in [0, 0.05) is 19.2 Å². The van der Waals surface area contributed by atoms with Gasteiger partial charge in [0.15, 0.2) is 0 Å². The van der Waals surface area contributed by atoms with E-state index in [0.29, 0.717) is 6.04 Å². The van der Waals surface area contributed by atoms with Crippen LogP contribution < -0.4 is 5.32 Å². The highest BCUT2D eigenvalue weighted by Gasteiger charge is 2.35. The van der Waals surface area contributed by atoms with Gasteiger partial charge in [-0.05, 0) is 25.2 Å². The number of rotatable bonds is 9. The normalized spacial score (nSPS) is 27.9. The van der Waals surface area contributed by atoms with Crippen LogP contribution in [0.3, 0.4) is 0 Å². The van der Waals surface area contributed by atoms with Gasteiger partial charge in [-0.2, -0.15) is 0 Å². The molecule has 0 aromatic rings. The van der Waals surface area contributed by atoms with Gasteiger partial charge in [0.25, 0.3) is 0 Å². The Balaban J connectivity index is 2.39. The molecule has 2 nitrogen and oxygen atoms in total. The summed E-state index contributed by atoms with van der Waals surface area (Å²) in [7, 11) is 0. The van der Waals surface area contributed by atoms with E-state index in [9.17, 15) is 0 Å². The second kappa shape index (κ2) is 8.97. The van der Waals surface area contributed by atoms with E-state index in [1.165, 1.54) is 51.4 Å². The van der Waals surface area contributed by atoms with Crippen molar-refractivity contribution in [3.63, 3.8) is 0 Å². The molecule has 0 aromatic heterocycles. The van der Waals surface area contributed by atoms with E-state index in [1.54, 1.807) is 0 Å². The molecule has 0 saturated heterocycles. The SMILES string of the molecule is CCCCCCOC1(CNC(C)C)CCCC(C)C1. The Morgan fingerprint density at radius 1 is 1.26 bits per heavy atom. The zero-order valence-electron chi connectivity index (χ0n) is 13.6. The van der Waals surface area contributed by atoms with Crippen LogP contribution in [-0.4, -0.2) is 24.8 Å². The first-order chi connectivity index (χ1) is 9.08. The number of ether oxygens (including phenoxy) is 1. The van der Waals surface area contributed by atoms with Gasteiger partial charge in [-0.1, -0.05) is 59.8 Å². The van der Waals surface area contributed by atoms with E-state index < -0.39 is 0 Å². The predicted molar refractivity (Wildman–Crippen MR) is 83.6 cm³/mol. The van der Waals surface area contributed by atoms with Crippen LogP contribution >= 0.6 is 0 Å². The Morgan fingerprint density at radius 2 is 2.05 bits per heavy atom. The first-order valence-corrected chi connectivity index (χ1v) is 8.45. The van der Waals surface area contributed by atoms with Gasteiger partial charge >= 0.3 is 0 Å². The molecule has 1 fully saturated rings. The van der Waals surface area contributed by atoms with E-state index in [2.05, 4.69) is 33.0 Å². The molecule has 0 aliphatic heterocycles. The van der Waals surface area contributed by atoms with E-state index >= 15 is 0 Å². The lowest BCUT2D eigenvalue weighted by Crippen LogP contribution is -2.48. The first kappa shape index (κ1) is 17.0. The molecular weight excluding hydrogens is 234 g/mol. The summed E-state index contributed by atoms with van der Waals surface area (Å²) in [5.41, 5.74) is 0.119. The van der Waals surface area contributed by atoms with Crippen LogP contribution in [0.25, 0.3) is 0 Å². The fourth-order valence-electron chi connectivity index (χ4n) is 3.16. The average Bonchev–Trinajstić information content (AvgIpc) is 2.36. The number of unbranched alkanes of at least 4 members (excludes halogenated alkanes) is 3. The van der Waals surface area contributed by atoms with Gasteiger partial charge in [-0.25, -0.2) is 0 Å². The third-order valence-electron chi connectivity index (χ3n) is 4.29.